The molecule has 1 rings (SSSR count). The van der Waals surface area contributed by atoms with Gasteiger partial charge in [-0.2, -0.15) is 17.0 Å². The van der Waals surface area contributed by atoms with E-state index in [0.717, 1.165) is 45.2 Å². The summed E-state index contributed by atoms with van der Waals surface area (Å²) in [5, 5.41) is 3.43. The van der Waals surface area contributed by atoms with Gasteiger partial charge < -0.3 is 5.32 Å². The van der Waals surface area contributed by atoms with Crippen LogP contribution in [0, 0.1) is 5.92 Å². The van der Waals surface area contributed by atoms with E-state index in [-0.39, 0.29) is 0 Å². The Morgan fingerprint density at radius 3 is 2.40 bits per heavy atom. The summed E-state index contributed by atoms with van der Waals surface area (Å²) in [5.41, 5.74) is 0. The number of piperidine rings is 1. The number of unbranched alkanes of at least 4 members (excludes halogenated alkanes) is 1. The van der Waals surface area contributed by atoms with Crippen LogP contribution in [-0.2, 0) is 10.2 Å². The number of nitrogens with zero attached hydrogens (tertiary/aromatic N) is 2. The third-order valence-corrected chi connectivity index (χ3v) is 5.97. The Balaban J connectivity index is 2.39. The molecule has 0 radical (unpaired) electrons. The molecule has 20 heavy (non-hydrogen) atoms. The van der Waals surface area contributed by atoms with Crippen LogP contribution in [0.15, 0.2) is 0 Å². The van der Waals surface area contributed by atoms with Crippen LogP contribution in [-0.4, -0.2) is 56.8 Å². The molecule has 1 N–H and O–H groups in total. The molecule has 1 fully saturated rings. The fraction of sp³-hybridized carbons (Fsp3) is 1.00. The van der Waals surface area contributed by atoms with Gasteiger partial charge in [0.2, 0.25) is 0 Å². The van der Waals surface area contributed by atoms with Crippen LogP contribution in [0.4, 0.5) is 0 Å². The topological polar surface area (TPSA) is 52.7 Å². The first-order valence-electron chi connectivity index (χ1n) is 7.94. The van der Waals surface area contributed by atoms with Crippen molar-refractivity contribution in [3.8, 4) is 0 Å². The summed E-state index contributed by atoms with van der Waals surface area (Å²) in [6, 6.07) is 0. The molecule has 0 aromatic heterocycles. The van der Waals surface area contributed by atoms with Crippen LogP contribution in [0.2, 0.25) is 0 Å². The highest BCUT2D eigenvalue weighted by molar-refractivity contribution is 7.86. The van der Waals surface area contributed by atoms with E-state index >= 15 is 0 Å². The van der Waals surface area contributed by atoms with Gasteiger partial charge in [0.15, 0.2) is 0 Å². The van der Waals surface area contributed by atoms with E-state index < -0.39 is 10.2 Å². The van der Waals surface area contributed by atoms with E-state index in [2.05, 4.69) is 19.2 Å². The molecule has 1 heterocycles. The number of nitrogens with one attached hydrogen (secondary N) is 1. The van der Waals surface area contributed by atoms with Gasteiger partial charge in [0.05, 0.1) is 0 Å². The molecule has 0 amide bonds. The predicted molar refractivity (Wildman–Crippen MR) is 83.9 cm³/mol. The summed E-state index contributed by atoms with van der Waals surface area (Å²) in [4.78, 5) is 0. The third-order valence-electron chi connectivity index (χ3n) is 3.98. The van der Waals surface area contributed by atoms with E-state index in [9.17, 15) is 8.42 Å². The lowest BCUT2D eigenvalue weighted by atomic mass is 9.98. The molecule has 5 nitrogen and oxygen atoms in total. The molecule has 1 saturated heterocycles. The molecule has 0 aromatic rings. The van der Waals surface area contributed by atoms with E-state index in [4.69, 9.17) is 0 Å². The normalized spacial score (nSPS) is 18.8. The molecule has 0 aliphatic carbocycles. The zero-order valence-corrected chi connectivity index (χ0v) is 14.1. The summed E-state index contributed by atoms with van der Waals surface area (Å²) in [5.74, 6) is 0.619. The van der Waals surface area contributed by atoms with Gasteiger partial charge in [0, 0.05) is 26.7 Å². The molecule has 120 valence electrons. The van der Waals surface area contributed by atoms with Crippen molar-refractivity contribution in [2.45, 2.75) is 46.0 Å². The minimum Gasteiger partial charge on any atom is -0.316 e. The number of hydrogen-bond donors (Lipinski definition) is 1. The van der Waals surface area contributed by atoms with Gasteiger partial charge in [-0.05, 0) is 44.7 Å². The number of hydrogen-bond acceptors (Lipinski definition) is 3. The molecule has 0 aromatic carbocycles. The quantitative estimate of drug-likeness (QED) is 0.659. The van der Waals surface area contributed by atoms with Crippen molar-refractivity contribution in [2.75, 3.05) is 39.8 Å². The van der Waals surface area contributed by atoms with Crippen LogP contribution in [0.3, 0.4) is 0 Å². The Kier molecular flexibility index (Phi) is 8.02. The molecular formula is C14H31N3O2S. The fourth-order valence-corrected chi connectivity index (χ4v) is 3.95. The van der Waals surface area contributed by atoms with Crippen LogP contribution < -0.4 is 5.32 Å². The monoisotopic (exact) mass is 305 g/mol. The van der Waals surface area contributed by atoms with Crippen molar-refractivity contribution in [2.24, 2.45) is 5.92 Å². The lowest BCUT2D eigenvalue weighted by molar-refractivity contribution is 0.253. The zero-order chi connectivity index (χ0) is 15.0. The van der Waals surface area contributed by atoms with Crippen LogP contribution in [0.25, 0.3) is 0 Å². The van der Waals surface area contributed by atoms with Crippen LogP contribution in [0.5, 0.6) is 0 Å². The Morgan fingerprint density at radius 2 is 1.85 bits per heavy atom. The zero-order valence-electron chi connectivity index (χ0n) is 13.3. The molecule has 1 aliphatic rings. The fourth-order valence-electron chi connectivity index (χ4n) is 2.52. The van der Waals surface area contributed by atoms with Crippen LogP contribution in [0.1, 0.15) is 46.0 Å². The smallest absolute Gasteiger partial charge is 0.281 e. The van der Waals surface area contributed by atoms with Crippen molar-refractivity contribution in [3.05, 3.63) is 0 Å². The molecule has 1 aliphatic heterocycles. The second kappa shape index (κ2) is 8.97. The largest absolute Gasteiger partial charge is 0.316 e. The van der Waals surface area contributed by atoms with Gasteiger partial charge >= 0.3 is 0 Å². The van der Waals surface area contributed by atoms with E-state index in [1.165, 1.54) is 4.31 Å². The van der Waals surface area contributed by atoms with Gasteiger partial charge in [-0.15, -0.1) is 0 Å². The minimum absolute atomic E-state index is 0.619. The molecule has 0 atom stereocenters. The van der Waals surface area contributed by atoms with Crippen molar-refractivity contribution in [1.29, 1.82) is 0 Å². The molecular weight excluding hydrogens is 274 g/mol. The molecule has 0 spiro atoms. The second-order valence-electron chi connectivity index (χ2n) is 5.73. The molecule has 0 bridgehead atoms. The van der Waals surface area contributed by atoms with Crippen LogP contribution >= 0.6 is 0 Å². The standard InChI is InChI=1S/C14H31N3O2S/c1-4-6-10-16(3)20(18,19)17-11-7-14(8-12-17)13-15-9-5-2/h14-15H,4-13H2,1-3H3. The lowest BCUT2D eigenvalue weighted by Gasteiger charge is -2.33. The minimum atomic E-state index is -3.24. The Bertz CT molecular complexity index is 351. The highest BCUT2D eigenvalue weighted by atomic mass is 32.2. The highest BCUT2D eigenvalue weighted by Gasteiger charge is 2.30. The van der Waals surface area contributed by atoms with Gasteiger partial charge in [-0.1, -0.05) is 20.3 Å². The summed E-state index contributed by atoms with van der Waals surface area (Å²) < 4.78 is 27.9. The molecule has 0 unspecified atom stereocenters. The SMILES string of the molecule is CCCCN(C)S(=O)(=O)N1CCC(CNCCC)CC1. The highest BCUT2D eigenvalue weighted by Crippen LogP contribution is 2.20. The van der Waals surface area contributed by atoms with Crippen molar-refractivity contribution in [3.63, 3.8) is 0 Å². The summed E-state index contributed by atoms with van der Waals surface area (Å²) in [6.45, 7) is 8.26. The summed E-state index contributed by atoms with van der Waals surface area (Å²) in [6.07, 6.45) is 5.03. The average molecular weight is 305 g/mol. The van der Waals surface area contributed by atoms with E-state index in [1.54, 1.807) is 11.4 Å². The van der Waals surface area contributed by atoms with Crippen molar-refractivity contribution >= 4 is 10.2 Å². The Morgan fingerprint density at radius 1 is 1.20 bits per heavy atom. The average Bonchev–Trinajstić information content (AvgIpc) is 2.45. The predicted octanol–water partition coefficient (Wildman–Crippen LogP) is 1.67. The molecule has 0 saturated carbocycles. The van der Waals surface area contributed by atoms with Crippen molar-refractivity contribution in [1.82, 2.24) is 13.9 Å². The maximum absolute atomic E-state index is 12.4. The summed E-state index contributed by atoms with van der Waals surface area (Å²) in [7, 11) is -1.54. The first-order chi connectivity index (χ1) is 9.52. The van der Waals surface area contributed by atoms with Gasteiger partial charge in [-0.3, -0.25) is 0 Å². The van der Waals surface area contributed by atoms with Gasteiger partial charge in [0.25, 0.3) is 10.2 Å². The maximum Gasteiger partial charge on any atom is 0.281 e. The van der Waals surface area contributed by atoms with Gasteiger partial charge in [-0.25, -0.2) is 0 Å². The Hall–Kier alpha value is -0.170. The van der Waals surface area contributed by atoms with Gasteiger partial charge in [0.1, 0.15) is 0 Å². The van der Waals surface area contributed by atoms with E-state index in [0.29, 0.717) is 25.6 Å². The van der Waals surface area contributed by atoms with Crippen molar-refractivity contribution < 1.29 is 8.42 Å². The van der Waals surface area contributed by atoms with E-state index in [1.807, 2.05) is 0 Å². The first kappa shape index (κ1) is 17.9. The second-order valence-corrected chi connectivity index (χ2v) is 7.76. The maximum atomic E-state index is 12.4. The lowest BCUT2D eigenvalue weighted by Crippen LogP contribution is -2.47. The molecule has 6 heteroatoms. The summed E-state index contributed by atoms with van der Waals surface area (Å²) >= 11 is 0. The number of rotatable bonds is 9. The Labute approximate surface area is 124 Å². The first-order valence-corrected chi connectivity index (χ1v) is 9.34. The third kappa shape index (κ3) is 5.31.